The molecule has 0 spiro atoms. The number of sulfone groups is 1. The molecule has 0 saturated heterocycles. The van der Waals surface area contributed by atoms with Gasteiger partial charge in [0.05, 0.1) is 5.75 Å². The fourth-order valence-corrected chi connectivity index (χ4v) is 1.66. The van der Waals surface area contributed by atoms with Crippen molar-refractivity contribution in [2.75, 3.05) is 17.8 Å². The van der Waals surface area contributed by atoms with Crippen molar-refractivity contribution in [3.8, 4) is 0 Å². The summed E-state index contributed by atoms with van der Waals surface area (Å²) in [5.41, 5.74) is 0. The van der Waals surface area contributed by atoms with Crippen molar-refractivity contribution in [2.24, 2.45) is 0 Å². The molecule has 0 unspecified atom stereocenters. The highest BCUT2D eigenvalue weighted by Crippen LogP contribution is 2.04. The molecule has 1 N–H and O–H groups in total. The minimum Gasteiger partial charge on any atom is -0.229 e. The lowest BCUT2D eigenvalue weighted by atomic mass is 10.6. The maximum Gasteiger partial charge on any atom is 0.147 e. The van der Waals surface area contributed by atoms with E-state index in [4.69, 9.17) is 5.26 Å². The summed E-state index contributed by atoms with van der Waals surface area (Å²) in [6.45, 7) is 0. The minimum atomic E-state index is -2.88. The van der Waals surface area contributed by atoms with Crippen LogP contribution < -0.4 is 0 Å². The molecule has 0 saturated carbocycles. The van der Waals surface area contributed by atoms with E-state index in [1.54, 1.807) is 0 Å². The molecule has 0 aromatic heterocycles. The third-order valence-electron chi connectivity index (χ3n) is 0.821. The number of rotatable bonds is 6. The van der Waals surface area contributed by atoms with Crippen LogP contribution in [0.4, 0.5) is 0 Å². The number of hydrogen-bond donors (Lipinski definition) is 1. The Balaban J connectivity index is 3.16. The summed E-state index contributed by atoms with van der Waals surface area (Å²) < 4.78 is 25.1. The first-order chi connectivity index (χ1) is 5.06. The van der Waals surface area contributed by atoms with Crippen molar-refractivity contribution in [1.29, 1.82) is 0 Å². The molecule has 0 atom stereocenters. The molecule has 0 rings (SSSR count). The normalized spacial score (nSPS) is 11.8. The molecule has 0 aliphatic heterocycles. The van der Waals surface area contributed by atoms with Crippen LogP contribution in [0.25, 0.3) is 0 Å². The Morgan fingerprint density at radius 2 is 2.18 bits per heavy atom. The van der Waals surface area contributed by atoms with Gasteiger partial charge in [-0.2, -0.15) is 0 Å². The molecular formula is C4H10O5S2. The molecule has 0 radical (unpaired) electrons. The molecule has 0 heterocycles. The Kier molecular flexibility index (Phi) is 5.88. The van der Waals surface area contributed by atoms with Crippen LogP contribution in [0.5, 0.6) is 0 Å². The molecule has 0 aromatic rings. The van der Waals surface area contributed by atoms with Gasteiger partial charge in [0, 0.05) is 24.1 Å². The Labute approximate surface area is 69.7 Å². The fraction of sp³-hybridized carbons (Fsp3) is 1.00. The standard InChI is InChI=1S/C4H10O5S2/c1-11(6,7)4-2-3-10-9-8-5/h5H,2-4H2,1H3. The van der Waals surface area contributed by atoms with E-state index in [9.17, 15) is 8.42 Å². The summed E-state index contributed by atoms with van der Waals surface area (Å²) in [5, 5.41) is 11.0. The second kappa shape index (κ2) is 5.78. The third kappa shape index (κ3) is 10.2. The summed E-state index contributed by atoms with van der Waals surface area (Å²) in [7, 11) is -2.88. The van der Waals surface area contributed by atoms with Gasteiger partial charge in [-0.3, -0.25) is 0 Å². The zero-order valence-corrected chi connectivity index (χ0v) is 7.65. The predicted octanol–water partition coefficient (Wildman–Crippen LogP) is 0.491. The van der Waals surface area contributed by atoms with Crippen molar-refractivity contribution in [3.05, 3.63) is 0 Å². The maximum absolute atomic E-state index is 10.5. The Morgan fingerprint density at radius 3 is 2.64 bits per heavy atom. The van der Waals surface area contributed by atoms with E-state index < -0.39 is 9.84 Å². The van der Waals surface area contributed by atoms with Gasteiger partial charge in [0.25, 0.3) is 0 Å². The van der Waals surface area contributed by atoms with Gasteiger partial charge < -0.3 is 0 Å². The van der Waals surface area contributed by atoms with Gasteiger partial charge in [-0.15, -0.1) is 4.33 Å². The van der Waals surface area contributed by atoms with E-state index in [0.717, 1.165) is 12.0 Å². The molecule has 0 amide bonds. The zero-order chi connectivity index (χ0) is 8.74. The van der Waals surface area contributed by atoms with Crippen molar-refractivity contribution in [1.82, 2.24) is 0 Å². The van der Waals surface area contributed by atoms with Crippen LogP contribution in [0, 0.1) is 0 Å². The highest BCUT2D eigenvalue weighted by molar-refractivity contribution is 7.94. The van der Waals surface area contributed by atoms with Gasteiger partial charge >= 0.3 is 0 Å². The van der Waals surface area contributed by atoms with E-state index in [-0.39, 0.29) is 5.75 Å². The maximum atomic E-state index is 10.5. The number of hydrogen-bond acceptors (Lipinski definition) is 6. The molecule has 0 aliphatic carbocycles. The summed E-state index contributed by atoms with van der Waals surface area (Å²) in [4.78, 5) is 0. The van der Waals surface area contributed by atoms with Crippen molar-refractivity contribution in [2.45, 2.75) is 6.42 Å². The fourth-order valence-electron chi connectivity index (χ4n) is 0.436. The lowest BCUT2D eigenvalue weighted by molar-refractivity contribution is -0.432. The first-order valence-corrected chi connectivity index (χ1v) is 5.81. The first-order valence-electron chi connectivity index (χ1n) is 2.83. The quantitative estimate of drug-likeness (QED) is 0.292. The van der Waals surface area contributed by atoms with E-state index in [2.05, 4.69) is 9.37 Å². The van der Waals surface area contributed by atoms with Crippen molar-refractivity contribution >= 4 is 21.9 Å². The molecule has 11 heavy (non-hydrogen) atoms. The lowest BCUT2D eigenvalue weighted by Crippen LogP contribution is -2.03. The van der Waals surface area contributed by atoms with E-state index in [1.165, 1.54) is 6.26 Å². The average molecular weight is 202 g/mol. The Morgan fingerprint density at radius 1 is 1.55 bits per heavy atom. The average Bonchev–Trinajstić information content (AvgIpc) is 1.85. The van der Waals surface area contributed by atoms with Gasteiger partial charge in [0.2, 0.25) is 0 Å². The van der Waals surface area contributed by atoms with Gasteiger partial charge in [-0.25, -0.2) is 13.7 Å². The Hall–Kier alpha value is 0.180. The summed E-state index contributed by atoms with van der Waals surface area (Å²) >= 11 is 0.857. The highest BCUT2D eigenvalue weighted by Gasteiger charge is 2.01. The SMILES string of the molecule is CS(=O)(=O)CCCSOOO. The third-order valence-corrected chi connectivity index (χ3v) is 2.46. The van der Waals surface area contributed by atoms with Gasteiger partial charge in [0.1, 0.15) is 9.84 Å². The Bertz CT molecular complexity index is 175. The smallest absolute Gasteiger partial charge is 0.147 e. The van der Waals surface area contributed by atoms with E-state index >= 15 is 0 Å². The molecule has 5 nitrogen and oxygen atoms in total. The molecular weight excluding hydrogens is 192 g/mol. The van der Waals surface area contributed by atoms with Crippen LogP contribution in [0.1, 0.15) is 6.42 Å². The van der Waals surface area contributed by atoms with Gasteiger partial charge in [0.15, 0.2) is 0 Å². The van der Waals surface area contributed by atoms with Gasteiger partial charge in [-0.05, 0) is 6.42 Å². The van der Waals surface area contributed by atoms with Crippen molar-refractivity contribution in [3.63, 3.8) is 0 Å². The lowest BCUT2D eigenvalue weighted by Gasteiger charge is -1.96. The second-order valence-corrected chi connectivity index (χ2v) is 4.99. The van der Waals surface area contributed by atoms with Crippen LogP contribution in [0.15, 0.2) is 0 Å². The van der Waals surface area contributed by atoms with Crippen LogP contribution in [-0.4, -0.2) is 31.4 Å². The minimum absolute atomic E-state index is 0.120. The van der Waals surface area contributed by atoms with Crippen LogP contribution in [0.3, 0.4) is 0 Å². The summed E-state index contributed by atoms with van der Waals surface area (Å²) in [6, 6.07) is 0. The van der Waals surface area contributed by atoms with E-state index in [1.807, 2.05) is 0 Å². The first kappa shape index (κ1) is 11.2. The molecule has 68 valence electrons. The van der Waals surface area contributed by atoms with Crippen LogP contribution in [0.2, 0.25) is 0 Å². The molecule has 0 aliphatic rings. The topological polar surface area (TPSA) is 72.8 Å². The summed E-state index contributed by atoms with van der Waals surface area (Å²) in [5.74, 6) is 0.586. The summed E-state index contributed by atoms with van der Waals surface area (Å²) in [6.07, 6.45) is 1.65. The van der Waals surface area contributed by atoms with Crippen LogP contribution >= 0.6 is 12.0 Å². The molecule has 7 heteroatoms. The monoisotopic (exact) mass is 202 g/mol. The van der Waals surface area contributed by atoms with Crippen LogP contribution in [-0.2, 0) is 19.2 Å². The largest absolute Gasteiger partial charge is 0.229 e. The molecule has 0 aromatic carbocycles. The van der Waals surface area contributed by atoms with E-state index in [0.29, 0.717) is 12.2 Å². The zero-order valence-electron chi connectivity index (χ0n) is 6.02. The van der Waals surface area contributed by atoms with Crippen molar-refractivity contribution < 1.29 is 23.0 Å². The van der Waals surface area contributed by atoms with Gasteiger partial charge in [-0.1, -0.05) is 5.04 Å². The molecule has 0 fully saturated rings. The highest BCUT2D eigenvalue weighted by atomic mass is 32.2. The second-order valence-electron chi connectivity index (χ2n) is 1.95. The predicted molar refractivity (Wildman–Crippen MR) is 41.6 cm³/mol. The molecule has 0 bridgehead atoms.